The molecule has 26 heavy (non-hydrogen) atoms. The number of nitrogens with zero attached hydrogens (tertiary/aromatic N) is 3. The van der Waals surface area contributed by atoms with E-state index in [1.807, 2.05) is 43.6 Å². The Labute approximate surface area is 158 Å². The van der Waals surface area contributed by atoms with E-state index in [9.17, 15) is 4.57 Å². The molecule has 2 aromatic carbocycles. The summed E-state index contributed by atoms with van der Waals surface area (Å²) in [4.78, 5) is 0. The summed E-state index contributed by atoms with van der Waals surface area (Å²) in [6, 6.07) is 19.2. The van der Waals surface area contributed by atoms with Gasteiger partial charge in [-0.1, -0.05) is 54.6 Å². The number of fused-ring (bicyclic) bond motifs is 1. The molecule has 0 amide bonds. The molecule has 0 N–H and O–H groups in total. The van der Waals surface area contributed by atoms with E-state index in [2.05, 4.69) is 60.1 Å². The molecular formula is C21H30N3OP. The Morgan fingerprint density at radius 1 is 0.962 bits per heavy atom. The highest BCUT2D eigenvalue weighted by atomic mass is 31.2. The van der Waals surface area contributed by atoms with Crippen LogP contribution in [0, 0.1) is 0 Å². The molecule has 5 heteroatoms. The maximum absolute atomic E-state index is 14.2. The zero-order valence-corrected chi connectivity index (χ0v) is 17.4. The van der Waals surface area contributed by atoms with Crippen molar-refractivity contribution in [1.82, 2.24) is 14.0 Å². The molecule has 0 saturated carbocycles. The van der Waals surface area contributed by atoms with Crippen LogP contribution in [0.25, 0.3) is 0 Å². The maximum Gasteiger partial charge on any atom is 0.286 e. The van der Waals surface area contributed by atoms with Gasteiger partial charge in [0.15, 0.2) is 0 Å². The van der Waals surface area contributed by atoms with E-state index in [4.69, 9.17) is 0 Å². The van der Waals surface area contributed by atoms with Gasteiger partial charge in [0.2, 0.25) is 0 Å². The average molecular weight is 371 g/mol. The molecule has 140 valence electrons. The molecule has 4 nitrogen and oxygen atoms in total. The third-order valence-electron chi connectivity index (χ3n) is 5.51. The molecule has 1 aliphatic heterocycles. The molecule has 1 heterocycles. The smallest absolute Gasteiger partial charge is 0.270 e. The zero-order chi connectivity index (χ0) is 18.9. The van der Waals surface area contributed by atoms with Crippen molar-refractivity contribution in [3.8, 4) is 0 Å². The van der Waals surface area contributed by atoms with E-state index >= 15 is 0 Å². The summed E-state index contributed by atoms with van der Waals surface area (Å²) < 4.78 is 20.2. The molecule has 0 saturated heterocycles. The predicted molar refractivity (Wildman–Crippen MR) is 109 cm³/mol. The Hall–Kier alpha value is -1.45. The minimum absolute atomic E-state index is 0.333. The van der Waals surface area contributed by atoms with Crippen LogP contribution in [-0.2, 0) is 22.9 Å². The van der Waals surface area contributed by atoms with Crippen molar-refractivity contribution in [2.24, 2.45) is 0 Å². The lowest BCUT2D eigenvalue weighted by Crippen LogP contribution is -2.52. The molecule has 3 rings (SSSR count). The van der Waals surface area contributed by atoms with Crippen molar-refractivity contribution in [1.29, 1.82) is 0 Å². The van der Waals surface area contributed by atoms with Crippen LogP contribution in [0.15, 0.2) is 54.6 Å². The van der Waals surface area contributed by atoms with E-state index in [-0.39, 0.29) is 5.54 Å². The lowest BCUT2D eigenvalue weighted by Gasteiger charge is -2.52. The van der Waals surface area contributed by atoms with Gasteiger partial charge in [0, 0.05) is 6.54 Å². The first-order chi connectivity index (χ1) is 12.3. The van der Waals surface area contributed by atoms with E-state index in [1.54, 1.807) is 0 Å². The first kappa shape index (κ1) is 19.3. The van der Waals surface area contributed by atoms with Crippen molar-refractivity contribution in [2.45, 2.75) is 25.3 Å². The first-order valence-corrected chi connectivity index (χ1v) is 10.7. The van der Waals surface area contributed by atoms with Crippen LogP contribution in [0.3, 0.4) is 0 Å². The van der Waals surface area contributed by atoms with Crippen molar-refractivity contribution < 1.29 is 4.57 Å². The fourth-order valence-electron chi connectivity index (χ4n) is 4.26. The minimum atomic E-state index is -2.85. The highest BCUT2D eigenvalue weighted by molar-refractivity contribution is 7.56. The normalized spacial score (nSPS) is 21.2. The Kier molecular flexibility index (Phi) is 5.41. The van der Waals surface area contributed by atoms with Crippen LogP contribution in [0.5, 0.6) is 0 Å². The van der Waals surface area contributed by atoms with Crippen LogP contribution in [-0.4, -0.2) is 48.7 Å². The molecule has 2 aromatic rings. The SMILES string of the molecule is CN(C)P(=O)(N(C)C)N1CCc2ccccc2C1(C)Cc1ccccc1. The molecule has 0 radical (unpaired) electrons. The highest BCUT2D eigenvalue weighted by Gasteiger charge is 2.49. The van der Waals surface area contributed by atoms with Gasteiger partial charge in [-0.3, -0.25) is 4.57 Å². The van der Waals surface area contributed by atoms with Gasteiger partial charge in [-0.05, 0) is 64.6 Å². The van der Waals surface area contributed by atoms with Crippen LogP contribution in [0.1, 0.15) is 23.6 Å². The van der Waals surface area contributed by atoms with Crippen LogP contribution >= 0.6 is 7.59 Å². The Morgan fingerprint density at radius 3 is 2.15 bits per heavy atom. The van der Waals surface area contributed by atoms with E-state index < -0.39 is 7.59 Å². The summed E-state index contributed by atoms with van der Waals surface area (Å²) in [7, 11) is 4.83. The summed E-state index contributed by atoms with van der Waals surface area (Å²) in [6.45, 7) is 3.03. The van der Waals surface area contributed by atoms with E-state index in [0.717, 1.165) is 19.4 Å². The van der Waals surface area contributed by atoms with Gasteiger partial charge < -0.3 is 0 Å². The fraction of sp³-hybridized carbons (Fsp3) is 0.429. The zero-order valence-electron chi connectivity index (χ0n) is 16.5. The molecular weight excluding hydrogens is 341 g/mol. The van der Waals surface area contributed by atoms with Crippen molar-refractivity contribution in [3.63, 3.8) is 0 Å². The highest BCUT2D eigenvalue weighted by Crippen LogP contribution is 2.60. The average Bonchev–Trinajstić information content (AvgIpc) is 2.62. The molecule has 1 aliphatic rings. The molecule has 0 spiro atoms. The van der Waals surface area contributed by atoms with Gasteiger partial charge in [0.1, 0.15) is 0 Å². The number of hydrogen-bond donors (Lipinski definition) is 0. The Bertz CT molecular complexity index is 794. The van der Waals surface area contributed by atoms with Gasteiger partial charge in [-0.2, -0.15) is 0 Å². The summed E-state index contributed by atoms with van der Waals surface area (Å²) >= 11 is 0. The van der Waals surface area contributed by atoms with Gasteiger partial charge in [0.05, 0.1) is 5.54 Å². The topological polar surface area (TPSA) is 26.8 Å². The fourth-order valence-corrected chi connectivity index (χ4v) is 6.96. The van der Waals surface area contributed by atoms with Crippen LogP contribution in [0.2, 0.25) is 0 Å². The van der Waals surface area contributed by atoms with Gasteiger partial charge >= 0.3 is 0 Å². The summed E-state index contributed by atoms with van der Waals surface area (Å²) in [6.07, 6.45) is 1.75. The monoisotopic (exact) mass is 371 g/mol. The standard InChI is InChI=1S/C21H30N3OP/c1-21(17-18-11-7-6-8-12-18)20-14-10-9-13-19(20)15-16-24(21)26(25,22(2)3)23(4)5/h6-14H,15-17H2,1-5H3. The third kappa shape index (κ3) is 3.16. The van der Waals surface area contributed by atoms with E-state index in [0.29, 0.717) is 0 Å². The predicted octanol–water partition coefficient (Wildman–Crippen LogP) is 4.23. The van der Waals surface area contributed by atoms with Gasteiger partial charge in [-0.25, -0.2) is 14.0 Å². The Morgan fingerprint density at radius 2 is 1.54 bits per heavy atom. The first-order valence-electron chi connectivity index (χ1n) is 9.16. The molecule has 1 atom stereocenters. The quantitative estimate of drug-likeness (QED) is 0.735. The van der Waals surface area contributed by atoms with Crippen LogP contribution in [0.4, 0.5) is 0 Å². The molecule has 0 aliphatic carbocycles. The second-order valence-corrected chi connectivity index (χ2v) is 10.8. The van der Waals surface area contributed by atoms with E-state index in [1.165, 1.54) is 16.7 Å². The molecule has 0 bridgehead atoms. The lowest BCUT2D eigenvalue weighted by atomic mass is 9.79. The Balaban J connectivity index is 2.16. The van der Waals surface area contributed by atoms with Crippen LogP contribution < -0.4 is 0 Å². The second kappa shape index (κ2) is 7.28. The second-order valence-electron chi connectivity index (χ2n) is 7.67. The maximum atomic E-state index is 14.2. The van der Waals surface area contributed by atoms with Crippen molar-refractivity contribution in [3.05, 3.63) is 71.3 Å². The third-order valence-corrected chi connectivity index (χ3v) is 8.86. The van der Waals surface area contributed by atoms with Gasteiger partial charge in [-0.15, -0.1) is 0 Å². The summed E-state index contributed by atoms with van der Waals surface area (Å²) in [5.74, 6) is 0. The van der Waals surface area contributed by atoms with Gasteiger partial charge in [0.25, 0.3) is 7.59 Å². The molecule has 1 unspecified atom stereocenters. The largest absolute Gasteiger partial charge is 0.286 e. The number of rotatable bonds is 5. The van der Waals surface area contributed by atoms with Crippen molar-refractivity contribution >= 4 is 7.59 Å². The van der Waals surface area contributed by atoms with Crippen molar-refractivity contribution in [2.75, 3.05) is 34.7 Å². The number of hydrogen-bond acceptors (Lipinski definition) is 1. The summed E-state index contributed by atoms with van der Waals surface area (Å²) in [5.41, 5.74) is 3.59. The molecule has 0 aromatic heterocycles. The number of benzene rings is 2. The lowest BCUT2D eigenvalue weighted by molar-refractivity contribution is 0.163. The minimum Gasteiger partial charge on any atom is -0.270 e. The molecule has 0 fully saturated rings. The summed E-state index contributed by atoms with van der Waals surface area (Å²) in [5, 5.41) is 0.